The van der Waals surface area contributed by atoms with Crippen molar-refractivity contribution in [3.8, 4) is 0 Å². The molecule has 36 heavy (non-hydrogen) atoms. The lowest BCUT2D eigenvalue weighted by molar-refractivity contribution is -0.133. The fourth-order valence-corrected chi connectivity index (χ4v) is 5.60. The molecule has 3 amide bonds. The van der Waals surface area contributed by atoms with E-state index in [9.17, 15) is 14.4 Å². The fraction of sp³-hybridized carbons (Fsp3) is 0.333. The maximum Gasteiger partial charge on any atom is 0.279 e. The summed E-state index contributed by atoms with van der Waals surface area (Å²) in [6.07, 6.45) is 3.93. The average molecular weight is 504 g/mol. The Kier molecular flexibility index (Phi) is 5.37. The number of carbonyl (C=O) groups is 3. The monoisotopic (exact) mass is 503 g/mol. The number of nitrogens with zero attached hydrogens (tertiary/aromatic N) is 4. The van der Waals surface area contributed by atoms with Crippen LogP contribution in [-0.2, 0) is 24.3 Å². The number of aromatic nitrogens is 2. The predicted octanol–water partition coefficient (Wildman–Crippen LogP) is 3.43. The summed E-state index contributed by atoms with van der Waals surface area (Å²) in [4.78, 5) is 48.7. The molecule has 1 N–H and O–H groups in total. The number of fused-ring (bicyclic) bond motifs is 2. The van der Waals surface area contributed by atoms with E-state index >= 15 is 0 Å². The van der Waals surface area contributed by atoms with E-state index in [2.05, 4.69) is 10.3 Å². The first-order valence-corrected chi connectivity index (χ1v) is 12.6. The van der Waals surface area contributed by atoms with Gasteiger partial charge in [-0.3, -0.25) is 14.4 Å². The average Bonchev–Trinajstić information content (AvgIpc) is 3.45. The van der Waals surface area contributed by atoms with E-state index in [1.165, 1.54) is 6.33 Å². The third-order valence-electron chi connectivity index (χ3n) is 7.40. The molecule has 2 aromatic carbocycles. The Labute approximate surface area is 213 Å². The maximum atomic E-state index is 13.9. The Balaban J connectivity index is 1.30. The lowest BCUT2D eigenvalue weighted by atomic mass is 9.93. The van der Waals surface area contributed by atoms with Crippen LogP contribution in [0.3, 0.4) is 0 Å². The van der Waals surface area contributed by atoms with Crippen LogP contribution in [0.4, 0.5) is 5.69 Å². The summed E-state index contributed by atoms with van der Waals surface area (Å²) in [5.74, 6) is -0.875. The number of carbonyl (C=O) groups excluding carboxylic acids is 3. The van der Waals surface area contributed by atoms with Crippen molar-refractivity contribution in [3.05, 3.63) is 82.4 Å². The molecule has 1 fully saturated rings. The van der Waals surface area contributed by atoms with E-state index < -0.39 is 5.54 Å². The van der Waals surface area contributed by atoms with Gasteiger partial charge in [-0.05, 0) is 49.4 Å². The maximum absolute atomic E-state index is 13.9. The highest BCUT2D eigenvalue weighted by atomic mass is 35.5. The van der Waals surface area contributed by atoms with Crippen molar-refractivity contribution in [2.45, 2.75) is 50.9 Å². The molecule has 1 aromatic heterocycles. The number of halogens is 1. The normalized spacial score (nSPS) is 20.8. The molecule has 1 saturated carbocycles. The molecule has 0 bridgehead atoms. The number of benzene rings is 2. The van der Waals surface area contributed by atoms with Crippen LogP contribution >= 0.6 is 11.6 Å². The molecule has 3 aromatic rings. The zero-order valence-corrected chi connectivity index (χ0v) is 20.7. The van der Waals surface area contributed by atoms with Crippen molar-refractivity contribution in [1.82, 2.24) is 19.8 Å². The van der Waals surface area contributed by atoms with Crippen LogP contribution in [0.15, 0.2) is 54.9 Å². The van der Waals surface area contributed by atoms with Crippen LogP contribution in [0.1, 0.15) is 51.9 Å². The Hall–Kier alpha value is -3.65. The van der Waals surface area contributed by atoms with Gasteiger partial charge in [0.05, 0.1) is 12.9 Å². The van der Waals surface area contributed by atoms with Gasteiger partial charge in [-0.2, -0.15) is 0 Å². The minimum Gasteiger partial charge on any atom is -0.350 e. The van der Waals surface area contributed by atoms with E-state index in [1.54, 1.807) is 27.4 Å². The van der Waals surface area contributed by atoms with Gasteiger partial charge in [-0.1, -0.05) is 48.0 Å². The molecule has 1 unspecified atom stereocenters. The molecular formula is C27H26ClN5O3. The molecule has 9 heteroatoms. The topological polar surface area (TPSA) is 87.5 Å². The Morgan fingerprint density at radius 3 is 2.67 bits per heavy atom. The zero-order chi connectivity index (χ0) is 25.0. The van der Waals surface area contributed by atoms with Gasteiger partial charge in [0, 0.05) is 29.8 Å². The second-order valence-corrected chi connectivity index (χ2v) is 10.3. The molecule has 3 heterocycles. The summed E-state index contributed by atoms with van der Waals surface area (Å²) in [5, 5.41) is 3.55. The van der Waals surface area contributed by atoms with E-state index in [0.717, 1.165) is 36.1 Å². The van der Waals surface area contributed by atoms with Crippen molar-refractivity contribution < 1.29 is 14.4 Å². The minimum atomic E-state index is -1.12. The summed E-state index contributed by atoms with van der Waals surface area (Å²) in [6, 6.07) is 15.1. The van der Waals surface area contributed by atoms with Gasteiger partial charge in [0.2, 0.25) is 5.91 Å². The standard InChI is InChI=1S/C27H26ClN5O3/c1-27(26(36)29-14-18-7-2-4-8-20(18)28)15-31-16-30-22(23(31)25(35)33(27)19-10-11-19)24(34)32-13-12-17-6-3-5-9-21(17)32/h2-9,16,19H,10-15H2,1H3,(H,29,36). The highest BCUT2D eigenvalue weighted by Gasteiger charge is 2.54. The largest absolute Gasteiger partial charge is 0.350 e. The van der Waals surface area contributed by atoms with Crippen molar-refractivity contribution in [2.24, 2.45) is 0 Å². The minimum absolute atomic E-state index is 0.0346. The molecule has 184 valence electrons. The Bertz CT molecular complexity index is 1400. The van der Waals surface area contributed by atoms with Crippen LogP contribution in [0, 0.1) is 0 Å². The highest BCUT2D eigenvalue weighted by Crippen LogP contribution is 2.39. The molecule has 1 aliphatic carbocycles. The Morgan fingerprint density at radius 2 is 1.89 bits per heavy atom. The van der Waals surface area contributed by atoms with Crippen molar-refractivity contribution >= 4 is 35.0 Å². The first kappa shape index (κ1) is 22.8. The number of rotatable bonds is 5. The van der Waals surface area contributed by atoms with Crippen LogP contribution in [0.25, 0.3) is 0 Å². The fourth-order valence-electron chi connectivity index (χ4n) is 5.40. The van der Waals surface area contributed by atoms with Gasteiger partial charge in [0.1, 0.15) is 11.2 Å². The number of hydrogen-bond acceptors (Lipinski definition) is 4. The first-order valence-electron chi connectivity index (χ1n) is 12.2. The number of amides is 3. The highest BCUT2D eigenvalue weighted by molar-refractivity contribution is 6.31. The van der Waals surface area contributed by atoms with Gasteiger partial charge in [0.25, 0.3) is 11.8 Å². The molecule has 2 aliphatic heterocycles. The van der Waals surface area contributed by atoms with E-state index in [4.69, 9.17) is 11.6 Å². The molecule has 3 aliphatic rings. The third kappa shape index (κ3) is 3.59. The number of anilines is 1. The van der Waals surface area contributed by atoms with Crippen molar-refractivity contribution in [3.63, 3.8) is 0 Å². The van der Waals surface area contributed by atoms with E-state index in [-0.39, 0.29) is 48.2 Å². The first-order chi connectivity index (χ1) is 17.4. The SMILES string of the molecule is CC1(C(=O)NCc2ccccc2Cl)Cn2cnc(C(=O)N3CCc4ccccc43)c2C(=O)N1C1CC1. The summed E-state index contributed by atoms with van der Waals surface area (Å²) in [5.41, 5.74) is 2.04. The molecule has 8 nitrogen and oxygen atoms in total. The van der Waals surface area contributed by atoms with Gasteiger partial charge >= 0.3 is 0 Å². The van der Waals surface area contributed by atoms with Crippen LogP contribution < -0.4 is 10.2 Å². The summed E-state index contributed by atoms with van der Waals surface area (Å²) in [6.45, 7) is 2.81. The van der Waals surface area contributed by atoms with Crippen LogP contribution in [0.5, 0.6) is 0 Å². The van der Waals surface area contributed by atoms with Crippen LogP contribution in [0.2, 0.25) is 5.02 Å². The van der Waals surface area contributed by atoms with Gasteiger partial charge in [-0.25, -0.2) is 4.98 Å². The van der Waals surface area contributed by atoms with Gasteiger partial charge in [-0.15, -0.1) is 0 Å². The van der Waals surface area contributed by atoms with Crippen LogP contribution in [-0.4, -0.2) is 50.3 Å². The van der Waals surface area contributed by atoms with Gasteiger partial charge in [0.15, 0.2) is 5.69 Å². The van der Waals surface area contributed by atoms with Gasteiger partial charge < -0.3 is 19.7 Å². The summed E-state index contributed by atoms with van der Waals surface area (Å²) >= 11 is 6.26. The van der Waals surface area contributed by atoms with E-state index in [0.29, 0.717) is 11.6 Å². The summed E-state index contributed by atoms with van der Waals surface area (Å²) in [7, 11) is 0. The second-order valence-electron chi connectivity index (χ2n) is 9.86. The quantitative estimate of drug-likeness (QED) is 0.578. The predicted molar refractivity (Wildman–Crippen MR) is 135 cm³/mol. The summed E-state index contributed by atoms with van der Waals surface area (Å²) < 4.78 is 1.66. The number of nitrogens with one attached hydrogen (secondary N) is 1. The lowest BCUT2D eigenvalue weighted by Gasteiger charge is -2.44. The molecule has 0 spiro atoms. The lowest BCUT2D eigenvalue weighted by Crippen LogP contribution is -2.64. The van der Waals surface area contributed by atoms with Crippen molar-refractivity contribution in [2.75, 3.05) is 11.4 Å². The zero-order valence-electron chi connectivity index (χ0n) is 19.9. The Morgan fingerprint density at radius 1 is 1.14 bits per heavy atom. The number of hydrogen-bond donors (Lipinski definition) is 1. The number of imidazole rings is 1. The molecular weight excluding hydrogens is 478 g/mol. The molecule has 1 atom stereocenters. The molecule has 0 radical (unpaired) electrons. The second kappa shape index (κ2) is 8.48. The van der Waals surface area contributed by atoms with Crippen molar-refractivity contribution in [1.29, 1.82) is 0 Å². The molecule has 0 saturated heterocycles. The third-order valence-corrected chi connectivity index (χ3v) is 7.77. The molecule has 6 rings (SSSR count). The number of para-hydroxylation sites is 1. The smallest absolute Gasteiger partial charge is 0.279 e. The van der Waals surface area contributed by atoms with E-state index in [1.807, 2.05) is 42.5 Å².